The highest BCUT2D eigenvalue weighted by atomic mass is 19.1. The number of rotatable bonds is 6. The Morgan fingerprint density at radius 2 is 1.73 bits per heavy atom. The molecule has 0 aliphatic carbocycles. The maximum Gasteiger partial charge on any atom is 0.338 e. The predicted molar refractivity (Wildman–Crippen MR) is 95.6 cm³/mol. The van der Waals surface area contributed by atoms with Gasteiger partial charge in [-0.25, -0.2) is 9.18 Å². The molecule has 1 aliphatic rings. The number of alkyl halides is 1. The first-order valence-electron chi connectivity index (χ1n) is 8.70. The van der Waals surface area contributed by atoms with Crippen molar-refractivity contribution < 1.29 is 23.4 Å². The van der Waals surface area contributed by atoms with Gasteiger partial charge in [0.15, 0.2) is 11.8 Å². The van der Waals surface area contributed by atoms with Crippen LogP contribution < -0.4 is 0 Å². The zero-order chi connectivity index (χ0) is 18.6. The summed E-state index contributed by atoms with van der Waals surface area (Å²) in [6, 6.07) is 18.2. The molecule has 0 amide bonds. The SMILES string of the molecule is CC1OC(COCc2ccccc2)C(F)C1(C)OC(=O)c1ccccc1. The van der Waals surface area contributed by atoms with Crippen LogP contribution >= 0.6 is 0 Å². The van der Waals surface area contributed by atoms with Gasteiger partial charge in [-0.1, -0.05) is 48.5 Å². The number of hydrogen-bond donors (Lipinski definition) is 0. The molecular weight excluding hydrogens is 335 g/mol. The quantitative estimate of drug-likeness (QED) is 0.734. The van der Waals surface area contributed by atoms with E-state index < -0.39 is 29.9 Å². The number of halogens is 1. The van der Waals surface area contributed by atoms with Crippen molar-refractivity contribution in [1.29, 1.82) is 0 Å². The third kappa shape index (κ3) is 3.94. The third-order valence-electron chi connectivity index (χ3n) is 4.78. The average molecular weight is 358 g/mol. The van der Waals surface area contributed by atoms with E-state index in [1.165, 1.54) is 0 Å². The summed E-state index contributed by atoms with van der Waals surface area (Å²) >= 11 is 0. The summed E-state index contributed by atoms with van der Waals surface area (Å²) in [4.78, 5) is 12.3. The van der Waals surface area contributed by atoms with Crippen LogP contribution in [0.4, 0.5) is 4.39 Å². The highest BCUT2D eigenvalue weighted by molar-refractivity contribution is 5.89. The monoisotopic (exact) mass is 358 g/mol. The van der Waals surface area contributed by atoms with Crippen LogP contribution in [-0.2, 0) is 20.8 Å². The average Bonchev–Trinajstić information content (AvgIpc) is 2.87. The normalized spacial score (nSPS) is 28.0. The first kappa shape index (κ1) is 18.5. The van der Waals surface area contributed by atoms with Crippen LogP contribution in [0.25, 0.3) is 0 Å². The van der Waals surface area contributed by atoms with E-state index in [4.69, 9.17) is 14.2 Å². The lowest BCUT2D eigenvalue weighted by Crippen LogP contribution is -2.46. The van der Waals surface area contributed by atoms with E-state index in [2.05, 4.69) is 0 Å². The fourth-order valence-corrected chi connectivity index (χ4v) is 3.02. The van der Waals surface area contributed by atoms with Crippen molar-refractivity contribution in [2.24, 2.45) is 0 Å². The predicted octanol–water partition coefficient (Wildman–Crippen LogP) is 3.94. The zero-order valence-corrected chi connectivity index (χ0v) is 14.9. The van der Waals surface area contributed by atoms with Gasteiger partial charge < -0.3 is 14.2 Å². The smallest absolute Gasteiger partial charge is 0.338 e. The van der Waals surface area contributed by atoms with Gasteiger partial charge in [0.1, 0.15) is 6.10 Å². The molecule has 26 heavy (non-hydrogen) atoms. The van der Waals surface area contributed by atoms with Gasteiger partial charge in [-0.15, -0.1) is 0 Å². The van der Waals surface area contributed by atoms with Crippen molar-refractivity contribution in [3.05, 3.63) is 71.8 Å². The molecule has 2 aromatic carbocycles. The van der Waals surface area contributed by atoms with Gasteiger partial charge in [0.2, 0.25) is 0 Å². The van der Waals surface area contributed by atoms with E-state index in [0.717, 1.165) is 5.56 Å². The van der Waals surface area contributed by atoms with E-state index in [1.807, 2.05) is 30.3 Å². The summed E-state index contributed by atoms with van der Waals surface area (Å²) in [6.45, 7) is 3.75. The van der Waals surface area contributed by atoms with Crippen molar-refractivity contribution in [2.75, 3.05) is 6.61 Å². The summed E-state index contributed by atoms with van der Waals surface area (Å²) in [5.74, 6) is -0.558. The fourth-order valence-electron chi connectivity index (χ4n) is 3.02. The summed E-state index contributed by atoms with van der Waals surface area (Å²) < 4.78 is 31.8. The first-order valence-corrected chi connectivity index (χ1v) is 8.70. The highest BCUT2D eigenvalue weighted by Gasteiger charge is 2.55. The Kier molecular flexibility index (Phi) is 5.69. The Hall–Kier alpha value is -2.24. The topological polar surface area (TPSA) is 44.8 Å². The summed E-state index contributed by atoms with van der Waals surface area (Å²) in [5.41, 5.74) is 0.0392. The molecule has 0 aromatic heterocycles. The van der Waals surface area contributed by atoms with Crippen molar-refractivity contribution >= 4 is 5.97 Å². The minimum Gasteiger partial charge on any atom is -0.450 e. The minimum absolute atomic E-state index is 0.0961. The molecule has 5 heteroatoms. The number of carbonyl (C=O) groups excluding carboxylic acids is 1. The Balaban J connectivity index is 1.59. The molecule has 1 aliphatic heterocycles. The van der Waals surface area contributed by atoms with Crippen LogP contribution in [-0.4, -0.2) is 36.6 Å². The molecule has 0 spiro atoms. The van der Waals surface area contributed by atoms with Crippen molar-refractivity contribution in [3.8, 4) is 0 Å². The van der Waals surface area contributed by atoms with Crippen LogP contribution in [0.2, 0.25) is 0 Å². The maximum atomic E-state index is 15.0. The van der Waals surface area contributed by atoms with Crippen molar-refractivity contribution in [1.82, 2.24) is 0 Å². The number of ether oxygens (including phenoxy) is 3. The van der Waals surface area contributed by atoms with Crippen molar-refractivity contribution in [2.45, 2.75) is 44.4 Å². The molecule has 0 bridgehead atoms. The highest BCUT2D eigenvalue weighted by Crippen LogP contribution is 2.37. The molecule has 1 fully saturated rings. The molecular formula is C21H23FO4. The molecule has 0 saturated carbocycles. The second-order valence-electron chi connectivity index (χ2n) is 6.66. The molecule has 2 aromatic rings. The van der Waals surface area contributed by atoms with Crippen molar-refractivity contribution in [3.63, 3.8) is 0 Å². The van der Waals surface area contributed by atoms with Crippen LogP contribution in [0.15, 0.2) is 60.7 Å². The fraction of sp³-hybridized carbons (Fsp3) is 0.381. The lowest BCUT2D eigenvalue weighted by molar-refractivity contribution is -0.0630. The first-order chi connectivity index (χ1) is 12.5. The number of carbonyl (C=O) groups is 1. The Morgan fingerprint density at radius 3 is 2.38 bits per heavy atom. The Labute approximate surface area is 152 Å². The molecule has 1 saturated heterocycles. The molecule has 4 unspecified atom stereocenters. The lowest BCUT2D eigenvalue weighted by Gasteiger charge is -2.29. The Bertz CT molecular complexity index is 721. The van der Waals surface area contributed by atoms with E-state index in [-0.39, 0.29) is 6.61 Å². The molecule has 0 radical (unpaired) electrons. The molecule has 1 heterocycles. The number of esters is 1. The van der Waals surface area contributed by atoms with Gasteiger partial charge in [-0.2, -0.15) is 0 Å². The van der Waals surface area contributed by atoms with Gasteiger partial charge in [0.25, 0.3) is 0 Å². The second kappa shape index (κ2) is 7.98. The summed E-state index contributed by atoms with van der Waals surface area (Å²) in [6.07, 6.45) is -2.82. The lowest BCUT2D eigenvalue weighted by atomic mass is 9.94. The Morgan fingerprint density at radius 1 is 1.12 bits per heavy atom. The van der Waals surface area contributed by atoms with Crippen LogP contribution in [0, 0.1) is 0 Å². The van der Waals surface area contributed by atoms with E-state index in [1.54, 1.807) is 44.2 Å². The molecule has 3 rings (SSSR count). The number of hydrogen-bond acceptors (Lipinski definition) is 4. The van der Waals surface area contributed by atoms with E-state index >= 15 is 4.39 Å². The molecule has 138 valence electrons. The van der Waals surface area contributed by atoms with Gasteiger partial charge >= 0.3 is 5.97 Å². The molecule has 4 nitrogen and oxygen atoms in total. The van der Waals surface area contributed by atoms with Crippen LogP contribution in [0.3, 0.4) is 0 Å². The van der Waals surface area contributed by atoms with Crippen LogP contribution in [0.1, 0.15) is 29.8 Å². The standard InChI is InChI=1S/C21H23FO4/c1-15-21(2,26-20(23)17-11-7-4-8-12-17)19(22)18(25-15)14-24-13-16-9-5-3-6-10-16/h3-12,15,18-19H,13-14H2,1-2H3. The van der Waals surface area contributed by atoms with Gasteiger partial charge in [0, 0.05) is 0 Å². The third-order valence-corrected chi connectivity index (χ3v) is 4.78. The largest absolute Gasteiger partial charge is 0.450 e. The molecule has 4 atom stereocenters. The second-order valence-corrected chi connectivity index (χ2v) is 6.66. The van der Waals surface area contributed by atoms with E-state index in [9.17, 15) is 4.79 Å². The number of benzene rings is 2. The van der Waals surface area contributed by atoms with E-state index in [0.29, 0.717) is 12.2 Å². The van der Waals surface area contributed by atoms with Gasteiger partial charge in [-0.05, 0) is 31.5 Å². The van der Waals surface area contributed by atoms with Gasteiger partial charge in [0.05, 0.1) is 24.9 Å². The van der Waals surface area contributed by atoms with Crippen LogP contribution in [0.5, 0.6) is 0 Å². The van der Waals surface area contributed by atoms with Gasteiger partial charge in [-0.3, -0.25) is 0 Å². The molecule has 0 N–H and O–H groups in total. The zero-order valence-electron chi connectivity index (χ0n) is 14.9. The minimum atomic E-state index is -1.47. The maximum absolute atomic E-state index is 15.0. The summed E-state index contributed by atoms with van der Waals surface area (Å²) in [7, 11) is 0. The summed E-state index contributed by atoms with van der Waals surface area (Å²) in [5, 5.41) is 0.